The number of carbonyl (C=O) groups excluding carboxylic acids is 1. The second kappa shape index (κ2) is 6.02. The highest BCUT2D eigenvalue weighted by atomic mass is 16.6. The number of benzene rings is 1. The molecule has 1 aromatic rings. The van der Waals surface area contributed by atoms with Crippen LogP contribution in [-0.2, 0) is 6.54 Å². The lowest BCUT2D eigenvalue weighted by Crippen LogP contribution is -2.35. The predicted molar refractivity (Wildman–Crippen MR) is 81.5 cm³/mol. The maximum atomic E-state index is 11.3. The molecule has 2 bridgehead atoms. The number of hydrogen-bond acceptors (Lipinski definition) is 5. The molecule has 3 N–H and O–H groups in total. The Morgan fingerprint density at radius 1 is 1.36 bits per heavy atom. The van der Waals surface area contributed by atoms with Gasteiger partial charge in [-0.1, -0.05) is 6.07 Å². The van der Waals surface area contributed by atoms with E-state index in [1.54, 1.807) is 12.1 Å². The third-order valence-corrected chi connectivity index (χ3v) is 4.57. The van der Waals surface area contributed by atoms with Crippen LogP contribution >= 0.6 is 0 Å². The first-order valence-electron chi connectivity index (χ1n) is 7.58. The van der Waals surface area contributed by atoms with Gasteiger partial charge < -0.3 is 11.1 Å². The van der Waals surface area contributed by atoms with E-state index < -0.39 is 10.8 Å². The van der Waals surface area contributed by atoms with E-state index in [1.807, 2.05) is 0 Å². The Labute approximate surface area is 128 Å². The van der Waals surface area contributed by atoms with Crippen LogP contribution in [0.3, 0.4) is 0 Å². The normalized spacial score (nSPS) is 24.9. The van der Waals surface area contributed by atoms with Crippen molar-refractivity contribution >= 4 is 11.6 Å². The average molecular weight is 304 g/mol. The van der Waals surface area contributed by atoms with Crippen LogP contribution in [-0.4, -0.2) is 40.9 Å². The predicted octanol–water partition coefficient (Wildman–Crippen LogP) is 1.02. The smallest absolute Gasteiger partial charge is 0.274 e. The van der Waals surface area contributed by atoms with E-state index >= 15 is 0 Å². The first-order chi connectivity index (χ1) is 10.5. The van der Waals surface area contributed by atoms with E-state index in [0.717, 1.165) is 19.5 Å². The van der Waals surface area contributed by atoms with Crippen molar-refractivity contribution in [3.63, 3.8) is 0 Å². The van der Waals surface area contributed by atoms with E-state index in [0.29, 0.717) is 24.2 Å². The quantitative estimate of drug-likeness (QED) is 0.639. The topological polar surface area (TPSA) is 102 Å². The maximum absolute atomic E-state index is 11.3. The Hall–Kier alpha value is -1.99. The largest absolute Gasteiger partial charge is 0.366 e. The van der Waals surface area contributed by atoms with Gasteiger partial charge in [-0.05, 0) is 25.3 Å². The summed E-state index contributed by atoms with van der Waals surface area (Å²) in [6.45, 7) is 2.37. The van der Waals surface area contributed by atoms with Crippen molar-refractivity contribution in [3.05, 3.63) is 39.4 Å². The monoisotopic (exact) mass is 304 g/mol. The van der Waals surface area contributed by atoms with Crippen LogP contribution in [0.2, 0.25) is 0 Å². The van der Waals surface area contributed by atoms with Crippen molar-refractivity contribution in [1.82, 2.24) is 10.2 Å². The molecule has 2 aliphatic rings. The Kier molecular flexibility index (Phi) is 4.08. The molecule has 0 spiro atoms. The van der Waals surface area contributed by atoms with Gasteiger partial charge in [0.2, 0.25) is 5.91 Å². The Morgan fingerprint density at radius 2 is 2.14 bits per heavy atom. The summed E-state index contributed by atoms with van der Waals surface area (Å²) in [7, 11) is 0. The highest BCUT2D eigenvalue weighted by Gasteiger charge is 2.30. The number of rotatable bonds is 4. The van der Waals surface area contributed by atoms with E-state index in [2.05, 4.69) is 10.2 Å². The molecule has 0 aliphatic carbocycles. The molecule has 7 heteroatoms. The summed E-state index contributed by atoms with van der Waals surface area (Å²) in [6.07, 6.45) is 3.47. The summed E-state index contributed by atoms with van der Waals surface area (Å²) in [5.41, 5.74) is 5.98. The van der Waals surface area contributed by atoms with Gasteiger partial charge in [-0.15, -0.1) is 0 Å². The van der Waals surface area contributed by atoms with Gasteiger partial charge in [-0.2, -0.15) is 0 Å². The fourth-order valence-corrected chi connectivity index (χ4v) is 3.42. The summed E-state index contributed by atoms with van der Waals surface area (Å²) in [5.74, 6) is -0.647. The first kappa shape index (κ1) is 14.9. The van der Waals surface area contributed by atoms with Crippen molar-refractivity contribution in [1.29, 1.82) is 0 Å². The minimum atomic E-state index is -0.647. The van der Waals surface area contributed by atoms with Crippen molar-refractivity contribution in [2.75, 3.05) is 13.1 Å². The number of carbonyl (C=O) groups is 1. The lowest BCUT2D eigenvalue weighted by Gasteiger charge is -2.23. The summed E-state index contributed by atoms with van der Waals surface area (Å²) in [4.78, 5) is 24.3. The Morgan fingerprint density at radius 3 is 2.86 bits per heavy atom. The molecule has 1 aromatic carbocycles. The number of nitrogens with zero attached hydrogens (tertiary/aromatic N) is 2. The average Bonchev–Trinajstić information content (AvgIpc) is 2.81. The maximum Gasteiger partial charge on any atom is 0.274 e. The van der Waals surface area contributed by atoms with Gasteiger partial charge >= 0.3 is 0 Å². The van der Waals surface area contributed by atoms with Crippen LogP contribution < -0.4 is 11.1 Å². The number of nitrogens with one attached hydrogen (secondary N) is 1. The van der Waals surface area contributed by atoms with Gasteiger partial charge in [0.05, 0.1) is 4.92 Å². The number of likely N-dealkylation sites (tertiary alicyclic amines) is 1. The minimum Gasteiger partial charge on any atom is -0.366 e. The van der Waals surface area contributed by atoms with Crippen LogP contribution in [0.1, 0.15) is 35.2 Å². The second-order valence-electron chi connectivity index (χ2n) is 6.13. The third kappa shape index (κ3) is 3.10. The number of nitro benzene ring substituents is 1. The van der Waals surface area contributed by atoms with E-state index in [1.165, 1.54) is 18.9 Å². The van der Waals surface area contributed by atoms with Crippen LogP contribution in [0, 0.1) is 10.1 Å². The van der Waals surface area contributed by atoms with E-state index in [9.17, 15) is 14.9 Å². The summed E-state index contributed by atoms with van der Waals surface area (Å²) in [6, 6.07) is 5.56. The number of nitro groups is 1. The van der Waals surface area contributed by atoms with Gasteiger partial charge in [0.15, 0.2) is 0 Å². The Balaban J connectivity index is 1.79. The zero-order chi connectivity index (χ0) is 15.7. The molecule has 2 heterocycles. The molecule has 3 rings (SSSR count). The van der Waals surface area contributed by atoms with E-state index in [4.69, 9.17) is 5.73 Å². The lowest BCUT2D eigenvalue weighted by atomic mass is 10.1. The molecule has 0 saturated carbocycles. The van der Waals surface area contributed by atoms with Crippen LogP contribution in [0.25, 0.3) is 0 Å². The van der Waals surface area contributed by atoms with E-state index in [-0.39, 0.29) is 11.3 Å². The van der Waals surface area contributed by atoms with Crippen molar-refractivity contribution in [2.45, 2.75) is 37.9 Å². The molecule has 0 radical (unpaired) electrons. The van der Waals surface area contributed by atoms with Gasteiger partial charge in [0.25, 0.3) is 5.69 Å². The molecular formula is C15H20N4O3. The van der Waals surface area contributed by atoms with Gasteiger partial charge in [-0.3, -0.25) is 19.8 Å². The molecule has 2 unspecified atom stereocenters. The fraction of sp³-hybridized carbons (Fsp3) is 0.533. The third-order valence-electron chi connectivity index (χ3n) is 4.57. The molecule has 0 aromatic heterocycles. The van der Waals surface area contributed by atoms with Crippen molar-refractivity contribution in [3.8, 4) is 0 Å². The number of fused-ring (bicyclic) bond motifs is 2. The summed E-state index contributed by atoms with van der Waals surface area (Å²) < 4.78 is 0. The van der Waals surface area contributed by atoms with Crippen LogP contribution in [0.4, 0.5) is 5.69 Å². The van der Waals surface area contributed by atoms with Crippen molar-refractivity contribution in [2.24, 2.45) is 5.73 Å². The SMILES string of the molecule is NC(=O)c1ccc(CN2CCC3CCC(C2)N3)c([N+](=O)[O-])c1. The molecular weight excluding hydrogens is 284 g/mol. The number of amides is 1. The number of hydrogen-bond donors (Lipinski definition) is 2. The molecule has 118 valence electrons. The molecule has 2 saturated heterocycles. The van der Waals surface area contributed by atoms with Gasteiger partial charge in [0, 0.05) is 48.9 Å². The van der Waals surface area contributed by atoms with Gasteiger partial charge in [-0.25, -0.2) is 0 Å². The standard InChI is InChI=1S/C15H20N4O3/c16-15(20)10-1-2-11(14(7-10)19(21)22)8-18-6-5-12-3-4-13(9-18)17-12/h1-2,7,12-13,17H,3-6,8-9H2,(H2,16,20). The highest BCUT2D eigenvalue weighted by molar-refractivity contribution is 5.93. The molecule has 2 aliphatic heterocycles. The van der Waals surface area contributed by atoms with Crippen LogP contribution in [0.15, 0.2) is 18.2 Å². The Bertz CT molecular complexity index is 604. The number of primary amides is 1. The molecule has 2 fully saturated rings. The molecule has 7 nitrogen and oxygen atoms in total. The second-order valence-corrected chi connectivity index (χ2v) is 6.13. The minimum absolute atomic E-state index is 0.0290. The number of nitrogens with two attached hydrogens (primary N) is 1. The summed E-state index contributed by atoms with van der Waals surface area (Å²) in [5, 5.41) is 14.8. The van der Waals surface area contributed by atoms with Crippen LogP contribution in [0.5, 0.6) is 0 Å². The zero-order valence-corrected chi connectivity index (χ0v) is 12.3. The molecule has 22 heavy (non-hydrogen) atoms. The zero-order valence-electron chi connectivity index (χ0n) is 12.3. The molecule has 1 amide bonds. The summed E-state index contributed by atoms with van der Waals surface area (Å²) >= 11 is 0. The van der Waals surface area contributed by atoms with Crippen molar-refractivity contribution < 1.29 is 9.72 Å². The highest BCUT2D eigenvalue weighted by Crippen LogP contribution is 2.25. The van der Waals surface area contributed by atoms with Gasteiger partial charge in [0.1, 0.15) is 0 Å². The lowest BCUT2D eigenvalue weighted by molar-refractivity contribution is -0.385. The molecule has 2 atom stereocenters. The first-order valence-corrected chi connectivity index (χ1v) is 7.58. The fourth-order valence-electron chi connectivity index (χ4n) is 3.42.